The average Bonchev–Trinajstić information content (AvgIpc) is 3.12. The van der Waals surface area contributed by atoms with Gasteiger partial charge in [-0.15, -0.1) is 0 Å². The van der Waals surface area contributed by atoms with Gasteiger partial charge in [-0.05, 0) is 72.6 Å². The molecule has 1 aliphatic rings. The fraction of sp³-hybridized carbons (Fsp3) is 0.808. The van der Waals surface area contributed by atoms with Gasteiger partial charge in [0, 0.05) is 29.5 Å². The summed E-state index contributed by atoms with van der Waals surface area (Å²) >= 11 is 3.56. The van der Waals surface area contributed by atoms with Crippen LogP contribution in [0.3, 0.4) is 0 Å². The highest BCUT2D eigenvalue weighted by atomic mass is 79.9. The third-order valence-corrected chi connectivity index (χ3v) is 6.98. The highest BCUT2D eigenvalue weighted by molar-refractivity contribution is 9.10. The molecule has 0 N–H and O–H groups in total. The number of ether oxygens (including phenoxy) is 1. The first-order valence-electron chi connectivity index (χ1n) is 12.1. The van der Waals surface area contributed by atoms with Crippen LogP contribution in [0.5, 0.6) is 0 Å². The zero-order valence-corrected chi connectivity index (χ0v) is 21.9. The molecule has 0 radical (unpaired) electrons. The maximum atomic E-state index is 6.94. The van der Waals surface area contributed by atoms with Crippen LogP contribution < -0.4 is 0 Å². The number of halogens is 1. The van der Waals surface area contributed by atoms with Gasteiger partial charge in [-0.25, -0.2) is 0 Å². The molecule has 1 aromatic rings. The van der Waals surface area contributed by atoms with Gasteiger partial charge in [0.1, 0.15) is 0 Å². The number of nitrogens with zero attached hydrogens (tertiary/aromatic N) is 2. The van der Waals surface area contributed by atoms with E-state index in [9.17, 15) is 0 Å². The summed E-state index contributed by atoms with van der Waals surface area (Å²) in [6.07, 6.45) is 15.8. The standard InChI is InChI=1S/C26H45BrN2O/c1-7-8-9-10-11-12-15-24(25(2,3)4)30-26(5,6)23-14-13-16-29(23)20-21-17-22(27)19-28-18-21/h17-19,23-24H,7-16,20H2,1-6H3/t23-,24?/m0/s1. The van der Waals surface area contributed by atoms with Crippen molar-refractivity contribution in [2.75, 3.05) is 6.54 Å². The van der Waals surface area contributed by atoms with E-state index < -0.39 is 0 Å². The van der Waals surface area contributed by atoms with E-state index in [2.05, 4.69) is 73.4 Å². The summed E-state index contributed by atoms with van der Waals surface area (Å²) in [5, 5.41) is 0. The summed E-state index contributed by atoms with van der Waals surface area (Å²) in [5.41, 5.74) is 1.28. The number of hydrogen-bond acceptors (Lipinski definition) is 3. The number of aromatic nitrogens is 1. The average molecular weight is 482 g/mol. The Hall–Kier alpha value is -0.450. The summed E-state index contributed by atoms with van der Waals surface area (Å²) in [4.78, 5) is 6.95. The smallest absolute Gasteiger partial charge is 0.0785 e. The van der Waals surface area contributed by atoms with Gasteiger partial charge < -0.3 is 4.74 Å². The largest absolute Gasteiger partial charge is 0.370 e. The fourth-order valence-corrected chi connectivity index (χ4v) is 5.22. The first-order chi connectivity index (χ1) is 14.1. The van der Waals surface area contributed by atoms with E-state index in [0.717, 1.165) is 17.6 Å². The van der Waals surface area contributed by atoms with Gasteiger partial charge in [0.15, 0.2) is 0 Å². The highest BCUT2D eigenvalue weighted by Gasteiger charge is 2.41. The number of likely N-dealkylation sites (tertiary alicyclic amines) is 1. The topological polar surface area (TPSA) is 25.4 Å². The lowest BCUT2D eigenvalue weighted by atomic mass is 9.84. The van der Waals surface area contributed by atoms with Crippen molar-refractivity contribution >= 4 is 15.9 Å². The second kappa shape index (κ2) is 12.0. The van der Waals surface area contributed by atoms with Crippen molar-refractivity contribution in [2.45, 2.75) is 124 Å². The minimum Gasteiger partial charge on any atom is -0.370 e. The molecule has 172 valence electrons. The predicted octanol–water partition coefficient (Wildman–Crippen LogP) is 7.77. The zero-order valence-electron chi connectivity index (χ0n) is 20.3. The molecule has 1 unspecified atom stereocenters. The van der Waals surface area contributed by atoms with Gasteiger partial charge in [0.05, 0.1) is 11.7 Å². The molecule has 1 aromatic heterocycles. The Morgan fingerprint density at radius 3 is 2.47 bits per heavy atom. The Kier molecular flexibility index (Phi) is 10.3. The van der Waals surface area contributed by atoms with E-state index >= 15 is 0 Å². The molecule has 0 amide bonds. The molecule has 1 aliphatic heterocycles. The van der Waals surface area contributed by atoms with E-state index in [0.29, 0.717) is 12.1 Å². The summed E-state index contributed by atoms with van der Waals surface area (Å²) in [6, 6.07) is 2.64. The Labute approximate surface area is 194 Å². The summed E-state index contributed by atoms with van der Waals surface area (Å²) in [7, 11) is 0. The van der Waals surface area contributed by atoms with Gasteiger partial charge in [-0.2, -0.15) is 0 Å². The molecule has 1 saturated heterocycles. The number of pyridine rings is 1. The first-order valence-corrected chi connectivity index (χ1v) is 12.9. The molecule has 2 atom stereocenters. The van der Waals surface area contributed by atoms with Gasteiger partial charge in [-0.3, -0.25) is 9.88 Å². The Balaban J connectivity index is 1.97. The molecule has 0 aromatic carbocycles. The molecule has 4 heteroatoms. The van der Waals surface area contributed by atoms with Crippen LogP contribution in [0.2, 0.25) is 0 Å². The zero-order chi connectivity index (χ0) is 22.2. The molecule has 30 heavy (non-hydrogen) atoms. The fourth-order valence-electron chi connectivity index (χ4n) is 4.80. The second-order valence-electron chi connectivity index (χ2n) is 10.8. The first kappa shape index (κ1) is 25.8. The van der Waals surface area contributed by atoms with Crippen LogP contribution in [0.4, 0.5) is 0 Å². The summed E-state index contributed by atoms with van der Waals surface area (Å²) < 4.78 is 7.99. The summed E-state index contributed by atoms with van der Waals surface area (Å²) in [6.45, 7) is 16.0. The molecular formula is C26H45BrN2O. The van der Waals surface area contributed by atoms with Crippen molar-refractivity contribution in [3.8, 4) is 0 Å². The normalized spacial score (nSPS) is 19.4. The monoisotopic (exact) mass is 480 g/mol. The molecule has 3 nitrogen and oxygen atoms in total. The molecule has 0 spiro atoms. The molecule has 2 heterocycles. The summed E-state index contributed by atoms with van der Waals surface area (Å²) in [5.74, 6) is 0. The third kappa shape index (κ3) is 8.24. The molecule has 0 saturated carbocycles. The lowest BCUT2D eigenvalue weighted by Gasteiger charge is -2.43. The predicted molar refractivity (Wildman–Crippen MR) is 132 cm³/mol. The number of unbranched alkanes of at least 4 members (excludes halogenated alkanes) is 5. The van der Waals surface area contributed by atoms with Crippen LogP contribution in [0.25, 0.3) is 0 Å². The van der Waals surface area contributed by atoms with E-state index in [1.165, 1.54) is 63.4 Å². The van der Waals surface area contributed by atoms with Crippen LogP contribution in [-0.4, -0.2) is 34.2 Å². The van der Waals surface area contributed by atoms with Crippen molar-refractivity contribution in [2.24, 2.45) is 5.41 Å². The Morgan fingerprint density at radius 2 is 1.80 bits per heavy atom. The van der Waals surface area contributed by atoms with E-state index in [4.69, 9.17) is 4.74 Å². The van der Waals surface area contributed by atoms with Crippen molar-refractivity contribution in [3.05, 3.63) is 28.5 Å². The van der Waals surface area contributed by atoms with Crippen LogP contribution in [0.15, 0.2) is 22.9 Å². The van der Waals surface area contributed by atoms with Crippen molar-refractivity contribution in [1.82, 2.24) is 9.88 Å². The lowest BCUT2D eigenvalue weighted by molar-refractivity contribution is -0.146. The minimum absolute atomic E-state index is 0.157. The molecule has 1 fully saturated rings. The third-order valence-electron chi connectivity index (χ3n) is 6.55. The highest BCUT2D eigenvalue weighted by Crippen LogP contribution is 2.36. The van der Waals surface area contributed by atoms with E-state index in [1.54, 1.807) is 0 Å². The van der Waals surface area contributed by atoms with E-state index in [-0.39, 0.29) is 11.0 Å². The van der Waals surface area contributed by atoms with Crippen molar-refractivity contribution < 1.29 is 4.74 Å². The lowest BCUT2D eigenvalue weighted by Crippen LogP contribution is -2.50. The minimum atomic E-state index is -0.157. The molecular weight excluding hydrogens is 436 g/mol. The van der Waals surface area contributed by atoms with Crippen LogP contribution >= 0.6 is 15.9 Å². The van der Waals surface area contributed by atoms with Gasteiger partial charge in [0.25, 0.3) is 0 Å². The van der Waals surface area contributed by atoms with Crippen molar-refractivity contribution in [3.63, 3.8) is 0 Å². The molecule has 0 bridgehead atoms. The van der Waals surface area contributed by atoms with Crippen LogP contribution in [-0.2, 0) is 11.3 Å². The van der Waals surface area contributed by atoms with Crippen LogP contribution in [0.1, 0.15) is 105 Å². The van der Waals surface area contributed by atoms with Gasteiger partial charge in [-0.1, -0.05) is 66.2 Å². The van der Waals surface area contributed by atoms with E-state index in [1.807, 2.05) is 12.4 Å². The number of rotatable bonds is 12. The Morgan fingerprint density at radius 1 is 1.10 bits per heavy atom. The van der Waals surface area contributed by atoms with Crippen LogP contribution in [0, 0.1) is 5.41 Å². The number of hydrogen-bond donors (Lipinski definition) is 0. The SMILES string of the molecule is CCCCCCCCC(OC(C)(C)[C@@H]1CCCN1Cc1cncc(Br)c1)C(C)(C)C. The Bertz CT molecular complexity index is 626. The molecule has 2 rings (SSSR count). The maximum Gasteiger partial charge on any atom is 0.0785 e. The van der Waals surface area contributed by atoms with Gasteiger partial charge >= 0.3 is 0 Å². The van der Waals surface area contributed by atoms with Gasteiger partial charge in [0.2, 0.25) is 0 Å². The van der Waals surface area contributed by atoms with Crippen molar-refractivity contribution in [1.29, 1.82) is 0 Å². The molecule has 0 aliphatic carbocycles. The second-order valence-corrected chi connectivity index (χ2v) is 11.7. The maximum absolute atomic E-state index is 6.94. The quantitative estimate of drug-likeness (QED) is 0.285.